The van der Waals surface area contributed by atoms with Crippen molar-refractivity contribution < 1.29 is 23.1 Å². The van der Waals surface area contributed by atoms with Crippen LogP contribution in [-0.2, 0) is 4.79 Å². The Morgan fingerprint density at radius 2 is 2.03 bits per heavy atom. The third-order valence-electron chi connectivity index (χ3n) is 5.37. The van der Waals surface area contributed by atoms with E-state index < -0.39 is 6.10 Å². The zero-order valence-electron chi connectivity index (χ0n) is 17.7. The predicted octanol–water partition coefficient (Wildman–Crippen LogP) is 4.71. The summed E-state index contributed by atoms with van der Waals surface area (Å²) in [5.41, 5.74) is 0.865. The number of furan rings is 1. The Morgan fingerprint density at radius 3 is 2.85 bits per heavy atom. The minimum atomic E-state index is -0.507. The number of hydrogen-bond acceptors (Lipinski definition) is 10. The Hall–Kier alpha value is -3.57. The molecule has 0 saturated heterocycles. The maximum absolute atomic E-state index is 13.1. The fourth-order valence-corrected chi connectivity index (χ4v) is 5.12. The molecule has 3 aromatic heterocycles. The second-order valence-corrected chi connectivity index (χ2v) is 9.43. The summed E-state index contributed by atoms with van der Waals surface area (Å²) in [5, 5.41) is 16.5. The van der Waals surface area contributed by atoms with E-state index in [-0.39, 0.29) is 29.5 Å². The average Bonchev–Trinajstić information content (AvgIpc) is 3.68. The fraction of sp³-hybridized carbons (Fsp3) is 0.217. The van der Waals surface area contributed by atoms with Crippen molar-refractivity contribution in [3.05, 3.63) is 76.7 Å². The highest BCUT2D eigenvalue weighted by Crippen LogP contribution is 2.37. The van der Waals surface area contributed by atoms with Gasteiger partial charge in [-0.15, -0.1) is 21.5 Å². The number of thiophene rings is 1. The first-order chi connectivity index (χ1) is 16.7. The second kappa shape index (κ2) is 8.99. The lowest BCUT2D eigenvalue weighted by Crippen LogP contribution is -2.28. The summed E-state index contributed by atoms with van der Waals surface area (Å²) < 4.78 is 22.9. The van der Waals surface area contributed by atoms with Gasteiger partial charge in [0.2, 0.25) is 6.10 Å². The number of ether oxygens (including phenoxy) is 2. The summed E-state index contributed by atoms with van der Waals surface area (Å²) in [4.78, 5) is 14.1. The smallest absolute Gasteiger partial charge is 0.277 e. The van der Waals surface area contributed by atoms with Crippen molar-refractivity contribution in [2.75, 3.05) is 12.4 Å². The lowest BCUT2D eigenvalue weighted by molar-refractivity contribution is -0.130. The summed E-state index contributed by atoms with van der Waals surface area (Å²) in [7, 11) is 0. The molecule has 4 aromatic rings. The average molecular weight is 495 g/mol. The molecule has 0 fully saturated rings. The molecule has 1 amide bonds. The molecule has 0 aliphatic carbocycles. The first-order valence-corrected chi connectivity index (χ1v) is 12.4. The molecular weight excluding hydrogens is 476 g/mol. The molecule has 0 spiro atoms. The van der Waals surface area contributed by atoms with Gasteiger partial charge >= 0.3 is 0 Å². The van der Waals surface area contributed by atoms with Crippen molar-refractivity contribution in [1.82, 2.24) is 15.2 Å². The van der Waals surface area contributed by atoms with Gasteiger partial charge in [-0.1, -0.05) is 30.0 Å². The van der Waals surface area contributed by atoms with E-state index in [1.54, 1.807) is 17.6 Å². The van der Waals surface area contributed by atoms with E-state index >= 15 is 0 Å². The molecule has 172 valence electrons. The minimum Gasteiger partial charge on any atom is -0.485 e. The van der Waals surface area contributed by atoms with E-state index in [0.717, 1.165) is 22.4 Å². The van der Waals surface area contributed by atoms with E-state index in [0.29, 0.717) is 29.6 Å². The summed E-state index contributed by atoms with van der Waals surface area (Å²) in [6.07, 6.45) is 1.69. The Balaban J connectivity index is 1.13. The molecule has 34 heavy (non-hydrogen) atoms. The van der Waals surface area contributed by atoms with E-state index in [1.807, 2.05) is 53.9 Å². The maximum atomic E-state index is 13.1. The lowest BCUT2D eigenvalue weighted by atomic mass is 10.1. The highest BCUT2D eigenvalue weighted by Gasteiger charge is 2.35. The van der Waals surface area contributed by atoms with E-state index in [9.17, 15) is 4.79 Å². The van der Waals surface area contributed by atoms with Crippen LogP contribution in [-0.4, -0.2) is 39.2 Å². The van der Waals surface area contributed by atoms with Crippen molar-refractivity contribution in [3.63, 3.8) is 0 Å². The monoisotopic (exact) mass is 494 g/mol. The van der Waals surface area contributed by atoms with Crippen LogP contribution in [0.15, 0.2) is 79.3 Å². The topological polar surface area (TPSA) is 103 Å². The highest BCUT2D eigenvalue weighted by atomic mass is 32.2. The van der Waals surface area contributed by atoms with E-state index in [2.05, 4.69) is 15.3 Å². The predicted molar refractivity (Wildman–Crippen MR) is 124 cm³/mol. The van der Waals surface area contributed by atoms with Crippen LogP contribution >= 0.6 is 23.1 Å². The number of carbonyl (C=O) groups excluding carboxylic acids is 1. The number of para-hydroxylation sites is 2. The normalized spacial score (nSPS) is 19.3. The van der Waals surface area contributed by atoms with Crippen LogP contribution < -0.4 is 9.47 Å². The highest BCUT2D eigenvalue weighted by molar-refractivity contribution is 7.99. The molecule has 0 saturated carbocycles. The number of carbonyl (C=O) groups is 1. The van der Waals surface area contributed by atoms with Crippen LogP contribution in [0, 0.1) is 0 Å². The molecule has 0 N–H and O–H groups in total. The van der Waals surface area contributed by atoms with Gasteiger partial charge in [-0.2, -0.15) is 5.10 Å². The van der Waals surface area contributed by atoms with Gasteiger partial charge in [0.25, 0.3) is 17.0 Å². The zero-order valence-corrected chi connectivity index (χ0v) is 19.3. The number of benzene rings is 1. The zero-order chi connectivity index (χ0) is 22.9. The van der Waals surface area contributed by atoms with Crippen molar-refractivity contribution in [2.45, 2.75) is 23.8 Å². The molecule has 2 aliphatic heterocycles. The fourth-order valence-electron chi connectivity index (χ4n) is 3.77. The Morgan fingerprint density at radius 1 is 1.12 bits per heavy atom. The number of thioether (sulfide) groups is 1. The molecule has 6 rings (SSSR count). The molecule has 9 nitrogen and oxygen atoms in total. The molecule has 0 bridgehead atoms. The van der Waals surface area contributed by atoms with Crippen LogP contribution in [0.1, 0.15) is 35.1 Å². The summed E-state index contributed by atoms with van der Waals surface area (Å²) in [6.45, 7) is 0.265. The van der Waals surface area contributed by atoms with Crippen molar-refractivity contribution in [1.29, 1.82) is 0 Å². The molecule has 2 unspecified atom stereocenters. The van der Waals surface area contributed by atoms with Gasteiger partial charge in [-0.25, -0.2) is 5.01 Å². The van der Waals surface area contributed by atoms with Crippen molar-refractivity contribution in [2.24, 2.45) is 5.10 Å². The molecule has 2 atom stereocenters. The van der Waals surface area contributed by atoms with E-state index in [1.165, 1.54) is 5.01 Å². The van der Waals surface area contributed by atoms with Gasteiger partial charge in [-0.05, 0) is 35.7 Å². The number of aromatic nitrogens is 2. The van der Waals surface area contributed by atoms with Crippen LogP contribution in [0.5, 0.6) is 11.5 Å². The summed E-state index contributed by atoms with van der Waals surface area (Å²) in [5.74, 6) is 2.21. The Kier molecular flexibility index (Phi) is 5.55. The van der Waals surface area contributed by atoms with Gasteiger partial charge in [0.15, 0.2) is 11.5 Å². The number of hydrazone groups is 1. The van der Waals surface area contributed by atoms with Crippen LogP contribution in [0.2, 0.25) is 0 Å². The lowest BCUT2D eigenvalue weighted by Gasteiger charge is -2.23. The molecule has 1 aromatic carbocycles. The van der Waals surface area contributed by atoms with Crippen LogP contribution in [0.25, 0.3) is 0 Å². The second-order valence-electron chi connectivity index (χ2n) is 7.56. The Bertz CT molecular complexity index is 1320. The van der Waals surface area contributed by atoms with Gasteiger partial charge in [0.1, 0.15) is 18.4 Å². The van der Waals surface area contributed by atoms with Crippen molar-refractivity contribution in [3.8, 4) is 11.5 Å². The van der Waals surface area contributed by atoms with Gasteiger partial charge in [-0.3, -0.25) is 4.79 Å². The van der Waals surface area contributed by atoms with Gasteiger partial charge in [0, 0.05) is 6.42 Å². The number of rotatable bonds is 6. The molecule has 2 aliphatic rings. The number of hydrogen-bond donors (Lipinski definition) is 0. The van der Waals surface area contributed by atoms with E-state index in [4.69, 9.17) is 18.3 Å². The first-order valence-electron chi connectivity index (χ1n) is 10.6. The standard InChI is InChI=1S/C23H18N4O5S2/c28-21(27-15(16-7-3-9-29-16)11-14(26-27)20-8-4-10-33-20)13-34-23-25-24-22(32-23)19-12-30-17-5-1-2-6-18(17)31-19/h1-10,15,19H,11-13H2. The maximum Gasteiger partial charge on any atom is 0.277 e. The molecule has 0 radical (unpaired) electrons. The SMILES string of the molecule is O=C(CSc1nnc(C2COc3ccccc3O2)o1)N1N=C(c2cccs2)CC1c1ccco1. The first kappa shape index (κ1) is 21.0. The van der Waals surface area contributed by atoms with Gasteiger partial charge < -0.3 is 18.3 Å². The third-order valence-corrected chi connectivity index (χ3v) is 7.09. The third kappa shape index (κ3) is 4.08. The minimum absolute atomic E-state index is 0.0882. The largest absolute Gasteiger partial charge is 0.485 e. The quantitative estimate of drug-likeness (QED) is 0.355. The van der Waals surface area contributed by atoms with Crippen LogP contribution in [0.3, 0.4) is 0 Å². The molecular formula is C23H18N4O5S2. The summed E-state index contributed by atoms with van der Waals surface area (Å²) in [6, 6.07) is 14.8. The number of fused-ring (bicyclic) bond motifs is 1. The molecule has 5 heterocycles. The van der Waals surface area contributed by atoms with Gasteiger partial charge in [0.05, 0.1) is 22.6 Å². The summed E-state index contributed by atoms with van der Waals surface area (Å²) >= 11 is 2.75. The number of amides is 1. The number of nitrogens with zero attached hydrogens (tertiary/aromatic N) is 4. The molecule has 11 heteroatoms. The van der Waals surface area contributed by atoms with Crippen LogP contribution in [0.4, 0.5) is 0 Å². The Labute approximate surface area is 202 Å². The van der Waals surface area contributed by atoms with Crippen molar-refractivity contribution >= 4 is 34.7 Å².